The number of rotatable bonds is 4. The van der Waals surface area contributed by atoms with Gasteiger partial charge in [0.15, 0.2) is 9.84 Å². The van der Waals surface area contributed by atoms with Gasteiger partial charge in [-0.15, -0.1) is 0 Å². The van der Waals surface area contributed by atoms with E-state index in [4.69, 9.17) is 5.11 Å². The standard InChI is InChI=1S/C14H17NO4S/c16-11-12-6-8-15(10-12)14(17)7-9-20(18,19)13-4-2-1-3-5-13/h1-5,7,9,12,16H,6,8,10-11H2. The van der Waals surface area contributed by atoms with Crippen LogP contribution in [0.1, 0.15) is 6.42 Å². The van der Waals surface area contributed by atoms with E-state index in [2.05, 4.69) is 0 Å². The van der Waals surface area contributed by atoms with E-state index in [0.29, 0.717) is 13.1 Å². The minimum atomic E-state index is -3.58. The average molecular weight is 295 g/mol. The second-order valence-corrected chi connectivity index (χ2v) is 6.62. The van der Waals surface area contributed by atoms with Crippen LogP contribution in [0.15, 0.2) is 46.7 Å². The Hall–Kier alpha value is -1.66. The highest BCUT2D eigenvalue weighted by Crippen LogP contribution is 2.16. The molecule has 20 heavy (non-hydrogen) atoms. The summed E-state index contributed by atoms with van der Waals surface area (Å²) in [6.45, 7) is 1.08. The largest absolute Gasteiger partial charge is 0.396 e. The van der Waals surface area contributed by atoms with E-state index in [0.717, 1.165) is 17.9 Å². The molecule has 1 N–H and O–H groups in total. The summed E-state index contributed by atoms with van der Waals surface area (Å²) < 4.78 is 23.9. The molecule has 0 radical (unpaired) electrons. The Labute approximate surface area is 118 Å². The fourth-order valence-corrected chi connectivity index (χ4v) is 3.11. The van der Waals surface area contributed by atoms with Gasteiger partial charge >= 0.3 is 0 Å². The first kappa shape index (κ1) is 14.7. The number of carbonyl (C=O) groups is 1. The molecule has 1 saturated heterocycles. The zero-order valence-corrected chi connectivity index (χ0v) is 11.8. The molecule has 2 rings (SSSR count). The molecule has 1 heterocycles. The molecule has 1 fully saturated rings. The molecule has 0 bridgehead atoms. The summed E-state index contributed by atoms with van der Waals surface area (Å²) in [5, 5.41) is 9.96. The van der Waals surface area contributed by atoms with Gasteiger partial charge < -0.3 is 10.0 Å². The number of carbonyl (C=O) groups excluding carboxylic acids is 1. The first-order chi connectivity index (χ1) is 9.53. The Morgan fingerprint density at radius 2 is 2.05 bits per heavy atom. The second kappa shape index (κ2) is 6.19. The van der Waals surface area contributed by atoms with Crippen molar-refractivity contribution in [2.24, 2.45) is 5.92 Å². The van der Waals surface area contributed by atoms with Gasteiger partial charge in [0.1, 0.15) is 0 Å². The number of sulfone groups is 1. The molecule has 0 spiro atoms. The smallest absolute Gasteiger partial charge is 0.247 e. The van der Waals surface area contributed by atoms with Crippen molar-refractivity contribution in [2.75, 3.05) is 19.7 Å². The molecule has 0 aromatic heterocycles. The second-order valence-electron chi connectivity index (χ2n) is 4.78. The summed E-state index contributed by atoms with van der Waals surface area (Å²) in [6.07, 6.45) is 1.84. The third kappa shape index (κ3) is 3.46. The van der Waals surface area contributed by atoms with Crippen molar-refractivity contribution in [1.82, 2.24) is 4.90 Å². The number of nitrogens with zero attached hydrogens (tertiary/aromatic N) is 1. The number of amides is 1. The molecule has 108 valence electrons. The number of hydrogen-bond acceptors (Lipinski definition) is 4. The third-order valence-electron chi connectivity index (χ3n) is 3.32. The fraction of sp³-hybridized carbons (Fsp3) is 0.357. The lowest BCUT2D eigenvalue weighted by Gasteiger charge is -2.13. The van der Waals surface area contributed by atoms with Gasteiger partial charge in [-0.3, -0.25) is 4.79 Å². The van der Waals surface area contributed by atoms with E-state index < -0.39 is 9.84 Å². The van der Waals surface area contributed by atoms with Crippen molar-refractivity contribution < 1.29 is 18.3 Å². The summed E-state index contributed by atoms with van der Waals surface area (Å²) in [6, 6.07) is 7.97. The highest BCUT2D eigenvalue weighted by molar-refractivity contribution is 7.94. The van der Waals surface area contributed by atoms with Crippen molar-refractivity contribution in [3.63, 3.8) is 0 Å². The van der Waals surface area contributed by atoms with Crippen LogP contribution < -0.4 is 0 Å². The number of likely N-dealkylation sites (tertiary alicyclic amines) is 1. The number of hydrogen-bond donors (Lipinski definition) is 1. The maximum atomic E-state index is 12.0. The minimum absolute atomic E-state index is 0.0514. The molecule has 0 aliphatic carbocycles. The van der Waals surface area contributed by atoms with Gasteiger partial charge in [-0.1, -0.05) is 18.2 Å². The Bertz CT molecular complexity index is 595. The van der Waals surface area contributed by atoms with Gasteiger partial charge in [0, 0.05) is 37.1 Å². The van der Waals surface area contributed by atoms with Crippen LogP contribution in [0.2, 0.25) is 0 Å². The van der Waals surface area contributed by atoms with Crippen LogP contribution in [0.3, 0.4) is 0 Å². The lowest BCUT2D eigenvalue weighted by Crippen LogP contribution is -2.27. The third-order valence-corrected chi connectivity index (χ3v) is 4.74. The zero-order chi connectivity index (χ0) is 14.6. The Kier molecular flexibility index (Phi) is 4.57. The van der Waals surface area contributed by atoms with Crippen LogP contribution in [0.4, 0.5) is 0 Å². The normalized spacial score (nSPS) is 19.6. The van der Waals surface area contributed by atoms with Crippen LogP contribution >= 0.6 is 0 Å². The van der Waals surface area contributed by atoms with Gasteiger partial charge in [0.25, 0.3) is 0 Å². The maximum absolute atomic E-state index is 12.0. The summed E-state index contributed by atoms with van der Waals surface area (Å²) in [4.78, 5) is 13.6. The van der Waals surface area contributed by atoms with E-state index in [9.17, 15) is 13.2 Å². The highest BCUT2D eigenvalue weighted by atomic mass is 32.2. The molecular weight excluding hydrogens is 278 g/mol. The number of benzene rings is 1. The molecule has 1 aliphatic rings. The van der Waals surface area contributed by atoms with Crippen molar-refractivity contribution in [3.8, 4) is 0 Å². The molecule has 1 amide bonds. The van der Waals surface area contributed by atoms with Crippen molar-refractivity contribution in [3.05, 3.63) is 41.8 Å². The predicted octanol–water partition coefficient (Wildman–Crippen LogP) is 0.815. The van der Waals surface area contributed by atoms with Crippen molar-refractivity contribution >= 4 is 15.7 Å². The summed E-state index contributed by atoms with van der Waals surface area (Å²) in [5.74, 6) is -0.237. The van der Waals surface area contributed by atoms with E-state index >= 15 is 0 Å². The van der Waals surface area contributed by atoms with Gasteiger partial charge in [-0.05, 0) is 18.6 Å². The van der Waals surface area contributed by atoms with Gasteiger partial charge in [-0.2, -0.15) is 0 Å². The first-order valence-electron chi connectivity index (χ1n) is 6.41. The number of aliphatic hydroxyl groups is 1. The van der Waals surface area contributed by atoms with E-state index in [1.807, 2.05) is 0 Å². The van der Waals surface area contributed by atoms with Crippen LogP contribution in [0.25, 0.3) is 0 Å². The molecule has 6 heteroatoms. The van der Waals surface area contributed by atoms with Crippen LogP contribution in [-0.4, -0.2) is 44.0 Å². The van der Waals surface area contributed by atoms with Gasteiger partial charge in [-0.25, -0.2) is 8.42 Å². The van der Waals surface area contributed by atoms with Crippen molar-refractivity contribution in [2.45, 2.75) is 11.3 Å². The lowest BCUT2D eigenvalue weighted by molar-refractivity contribution is -0.125. The molecule has 1 aromatic rings. The maximum Gasteiger partial charge on any atom is 0.247 e. The molecular formula is C14H17NO4S. The van der Waals surface area contributed by atoms with Crippen LogP contribution in [0, 0.1) is 5.92 Å². The Morgan fingerprint density at radius 1 is 1.35 bits per heavy atom. The number of aliphatic hydroxyl groups excluding tert-OH is 1. The summed E-state index contributed by atoms with van der Waals surface area (Å²) >= 11 is 0. The summed E-state index contributed by atoms with van der Waals surface area (Å²) in [7, 11) is -3.58. The minimum Gasteiger partial charge on any atom is -0.396 e. The SMILES string of the molecule is O=C(C=CS(=O)(=O)c1ccccc1)N1CCC(CO)C1. The highest BCUT2D eigenvalue weighted by Gasteiger charge is 2.24. The zero-order valence-electron chi connectivity index (χ0n) is 11.0. The van der Waals surface area contributed by atoms with E-state index in [-0.39, 0.29) is 23.3 Å². The predicted molar refractivity (Wildman–Crippen MR) is 74.5 cm³/mol. The molecule has 1 aromatic carbocycles. The molecule has 1 unspecified atom stereocenters. The average Bonchev–Trinajstić information content (AvgIpc) is 2.95. The molecule has 0 saturated carbocycles. The van der Waals surface area contributed by atoms with Gasteiger partial charge in [0.05, 0.1) is 4.90 Å². The first-order valence-corrected chi connectivity index (χ1v) is 7.95. The summed E-state index contributed by atoms with van der Waals surface area (Å²) in [5.41, 5.74) is 0. The molecule has 5 nitrogen and oxygen atoms in total. The fourth-order valence-electron chi connectivity index (χ4n) is 2.12. The quantitative estimate of drug-likeness (QED) is 0.834. The van der Waals surface area contributed by atoms with Crippen molar-refractivity contribution in [1.29, 1.82) is 0 Å². The van der Waals surface area contributed by atoms with Crippen LogP contribution in [-0.2, 0) is 14.6 Å². The van der Waals surface area contributed by atoms with Gasteiger partial charge in [0.2, 0.25) is 5.91 Å². The van der Waals surface area contributed by atoms with E-state index in [1.165, 1.54) is 12.1 Å². The topological polar surface area (TPSA) is 74.7 Å². The molecule has 1 aliphatic heterocycles. The lowest BCUT2D eigenvalue weighted by atomic mass is 10.1. The van der Waals surface area contributed by atoms with E-state index in [1.54, 1.807) is 23.1 Å². The molecule has 1 atom stereocenters. The monoisotopic (exact) mass is 295 g/mol. The Balaban J connectivity index is 2.04. The van der Waals surface area contributed by atoms with Crippen LogP contribution in [0.5, 0.6) is 0 Å². The Morgan fingerprint density at radius 3 is 2.65 bits per heavy atom.